The molecular formula is C19H20F3N3O3. The molecule has 0 atom stereocenters. The topological polar surface area (TPSA) is 83.0 Å². The number of carbonyl (C=O) groups is 1. The maximum absolute atomic E-state index is 12.2. The lowest BCUT2D eigenvalue weighted by Gasteiger charge is -2.12. The summed E-state index contributed by atoms with van der Waals surface area (Å²) in [6.07, 6.45) is -4.74. The first-order chi connectivity index (χ1) is 13.2. The molecule has 6 nitrogen and oxygen atoms in total. The number of hydrogen-bond donors (Lipinski definition) is 3. The van der Waals surface area contributed by atoms with Gasteiger partial charge in [-0.3, -0.25) is 9.79 Å². The smallest absolute Gasteiger partial charge is 0.406 e. The second-order valence-corrected chi connectivity index (χ2v) is 5.73. The minimum absolute atomic E-state index is 0.152. The van der Waals surface area contributed by atoms with E-state index in [0.29, 0.717) is 22.6 Å². The number of aliphatic imine (C=N–C) groups is 1. The van der Waals surface area contributed by atoms with Crippen LogP contribution >= 0.6 is 0 Å². The van der Waals surface area contributed by atoms with Crippen LogP contribution in [0.15, 0.2) is 47.5 Å². The zero-order valence-electron chi connectivity index (χ0n) is 15.3. The molecule has 2 aromatic rings. The molecule has 2 aromatic carbocycles. The highest BCUT2D eigenvalue weighted by Crippen LogP contribution is 2.26. The van der Waals surface area contributed by atoms with Crippen LogP contribution in [0.25, 0.3) is 0 Å². The van der Waals surface area contributed by atoms with Crippen molar-refractivity contribution in [3.05, 3.63) is 53.6 Å². The first kappa shape index (κ1) is 21.2. The normalized spacial score (nSPS) is 11.9. The highest BCUT2D eigenvalue weighted by molar-refractivity contribution is 6.06. The number of rotatable bonds is 7. The van der Waals surface area contributed by atoms with E-state index in [1.54, 1.807) is 32.2 Å². The van der Waals surface area contributed by atoms with Gasteiger partial charge < -0.3 is 20.5 Å². The third kappa shape index (κ3) is 5.98. The Bertz CT molecular complexity index is 850. The first-order valence-corrected chi connectivity index (χ1v) is 8.36. The van der Waals surface area contributed by atoms with Crippen LogP contribution in [0.4, 0.5) is 24.5 Å². The van der Waals surface area contributed by atoms with Gasteiger partial charge in [-0.15, -0.1) is 13.2 Å². The molecule has 0 saturated heterocycles. The fraction of sp³-hybridized carbons (Fsp3) is 0.263. The summed E-state index contributed by atoms with van der Waals surface area (Å²) in [4.78, 5) is 16.4. The highest BCUT2D eigenvalue weighted by Gasteiger charge is 2.30. The summed E-state index contributed by atoms with van der Waals surface area (Å²) >= 11 is 0. The Hall–Kier alpha value is -3.07. The molecule has 0 saturated carbocycles. The lowest BCUT2D eigenvalue weighted by molar-refractivity contribution is -0.274. The number of benzene rings is 2. The van der Waals surface area contributed by atoms with Gasteiger partial charge >= 0.3 is 6.36 Å². The zero-order chi connectivity index (χ0) is 20.7. The number of nitrogens with zero attached hydrogens (tertiary/aromatic N) is 1. The Balaban J connectivity index is 2.22. The lowest BCUT2D eigenvalue weighted by atomic mass is 10.0. The quantitative estimate of drug-likeness (QED) is 0.627. The van der Waals surface area contributed by atoms with Gasteiger partial charge in [0.15, 0.2) is 0 Å². The van der Waals surface area contributed by atoms with Gasteiger partial charge in [0.1, 0.15) is 5.75 Å². The molecule has 9 heteroatoms. The van der Waals surface area contributed by atoms with E-state index >= 15 is 0 Å². The number of anilines is 1. The van der Waals surface area contributed by atoms with Gasteiger partial charge in [0.25, 0.3) is 5.91 Å². The second kappa shape index (κ2) is 9.23. The van der Waals surface area contributed by atoms with Crippen LogP contribution in [0.1, 0.15) is 22.8 Å². The predicted molar refractivity (Wildman–Crippen MR) is 100 cm³/mol. The summed E-state index contributed by atoms with van der Waals surface area (Å²) in [5.74, 6) is -0.634. The van der Waals surface area contributed by atoms with Gasteiger partial charge in [0.2, 0.25) is 0 Å². The van der Waals surface area contributed by atoms with Gasteiger partial charge in [-0.25, -0.2) is 0 Å². The van der Waals surface area contributed by atoms with Crippen molar-refractivity contribution in [2.24, 2.45) is 4.99 Å². The Morgan fingerprint density at radius 1 is 1.18 bits per heavy atom. The molecule has 3 N–H and O–H groups in total. The molecule has 0 aliphatic heterocycles. The molecular weight excluding hydrogens is 375 g/mol. The van der Waals surface area contributed by atoms with Crippen molar-refractivity contribution in [2.75, 3.05) is 25.5 Å². The number of alkyl halides is 3. The van der Waals surface area contributed by atoms with E-state index < -0.39 is 6.36 Å². The van der Waals surface area contributed by atoms with Crippen LogP contribution < -0.4 is 15.4 Å². The molecule has 2 rings (SSSR count). The van der Waals surface area contributed by atoms with E-state index in [-0.39, 0.29) is 24.8 Å². The van der Waals surface area contributed by atoms with Crippen LogP contribution in [-0.2, 0) is 0 Å². The number of ether oxygens (including phenoxy) is 1. The SMILES string of the molecule is CNc1cc(C(=O)NCCO)ccc1C(C)=Nc1ccc(OC(F)(F)F)cc1. The third-order valence-electron chi connectivity index (χ3n) is 3.71. The maximum Gasteiger partial charge on any atom is 0.573 e. The standard InChI is InChI=1S/C19H20F3N3O3/c1-12(25-14-4-6-15(7-5-14)28-19(20,21)22)16-8-3-13(11-17(16)23-2)18(27)24-9-10-26/h3-8,11,23,26H,9-10H2,1-2H3,(H,24,27). The Kier molecular flexibility index (Phi) is 7.00. The molecule has 0 aromatic heterocycles. The second-order valence-electron chi connectivity index (χ2n) is 5.73. The number of aliphatic hydroxyl groups excluding tert-OH is 1. The number of hydrogen-bond acceptors (Lipinski definition) is 5. The summed E-state index contributed by atoms with van der Waals surface area (Å²) in [5.41, 5.74) is 2.88. The summed E-state index contributed by atoms with van der Waals surface area (Å²) in [6.45, 7) is 1.76. The maximum atomic E-state index is 12.2. The van der Waals surface area contributed by atoms with E-state index in [2.05, 4.69) is 20.4 Å². The average Bonchev–Trinajstić information content (AvgIpc) is 2.65. The van der Waals surface area contributed by atoms with Crippen LogP contribution in [0.3, 0.4) is 0 Å². The molecule has 0 aliphatic carbocycles. The third-order valence-corrected chi connectivity index (χ3v) is 3.71. The highest BCUT2D eigenvalue weighted by atomic mass is 19.4. The van der Waals surface area contributed by atoms with E-state index in [1.807, 2.05) is 0 Å². The number of nitrogens with one attached hydrogen (secondary N) is 2. The Morgan fingerprint density at radius 2 is 1.86 bits per heavy atom. The van der Waals surface area contributed by atoms with E-state index in [1.165, 1.54) is 24.3 Å². The molecule has 1 amide bonds. The zero-order valence-corrected chi connectivity index (χ0v) is 15.3. The number of aliphatic hydroxyl groups is 1. The van der Waals surface area contributed by atoms with Crippen LogP contribution in [-0.4, -0.2) is 43.3 Å². The average molecular weight is 395 g/mol. The molecule has 0 bridgehead atoms. The minimum Gasteiger partial charge on any atom is -0.406 e. The van der Waals surface area contributed by atoms with Crippen molar-refractivity contribution in [2.45, 2.75) is 13.3 Å². The number of halogens is 3. The predicted octanol–water partition coefficient (Wildman–Crippen LogP) is 3.49. The van der Waals surface area contributed by atoms with Crippen LogP contribution in [0.2, 0.25) is 0 Å². The molecule has 0 aliphatic rings. The van der Waals surface area contributed by atoms with Crippen LogP contribution in [0.5, 0.6) is 5.75 Å². The molecule has 0 radical (unpaired) electrons. The fourth-order valence-electron chi connectivity index (χ4n) is 2.46. The largest absolute Gasteiger partial charge is 0.573 e. The van der Waals surface area contributed by atoms with Crippen LogP contribution in [0, 0.1) is 0 Å². The van der Waals surface area contributed by atoms with Gasteiger partial charge in [-0.05, 0) is 43.3 Å². The number of carbonyl (C=O) groups excluding carboxylic acids is 1. The molecule has 0 fully saturated rings. The summed E-state index contributed by atoms with van der Waals surface area (Å²) in [7, 11) is 1.70. The molecule has 150 valence electrons. The lowest BCUT2D eigenvalue weighted by Crippen LogP contribution is -2.26. The molecule has 28 heavy (non-hydrogen) atoms. The van der Waals surface area contributed by atoms with Gasteiger partial charge in [0.05, 0.1) is 12.3 Å². The van der Waals surface area contributed by atoms with Gasteiger partial charge in [-0.1, -0.05) is 6.07 Å². The first-order valence-electron chi connectivity index (χ1n) is 8.36. The van der Waals surface area contributed by atoms with E-state index in [9.17, 15) is 18.0 Å². The summed E-state index contributed by atoms with van der Waals surface area (Å²) < 4.78 is 40.5. The Morgan fingerprint density at radius 3 is 2.43 bits per heavy atom. The number of amides is 1. The van der Waals surface area contributed by atoms with Crippen molar-refractivity contribution >= 4 is 23.0 Å². The van der Waals surface area contributed by atoms with Crippen molar-refractivity contribution in [1.29, 1.82) is 0 Å². The Labute approximate surface area is 160 Å². The minimum atomic E-state index is -4.74. The monoisotopic (exact) mass is 395 g/mol. The van der Waals surface area contributed by atoms with Crippen molar-refractivity contribution in [3.8, 4) is 5.75 Å². The molecule has 0 heterocycles. The molecule has 0 unspecified atom stereocenters. The van der Waals surface area contributed by atoms with E-state index in [0.717, 1.165) is 5.56 Å². The summed E-state index contributed by atoms with van der Waals surface area (Å²) in [6, 6.07) is 10.2. The van der Waals surface area contributed by atoms with Crippen molar-refractivity contribution in [3.63, 3.8) is 0 Å². The molecule has 0 spiro atoms. The van der Waals surface area contributed by atoms with Crippen molar-refractivity contribution < 1.29 is 27.8 Å². The van der Waals surface area contributed by atoms with Crippen molar-refractivity contribution in [1.82, 2.24) is 5.32 Å². The van der Waals surface area contributed by atoms with E-state index in [4.69, 9.17) is 5.11 Å². The summed E-state index contributed by atoms with van der Waals surface area (Å²) in [5, 5.41) is 14.4. The van der Waals surface area contributed by atoms with Gasteiger partial charge in [-0.2, -0.15) is 0 Å². The van der Waals surface area contributed by atoms with Gasteiger partial charge in [0, 0.05) is 36.1 Å². The fourth-order valence-corrected chi connectivity index (χ4v) is 2.46.